The highest BCUT2D eigenvalue weighted by atomic mass is 16.3. The lowest BCUT2D eigenvalue weighted by atomic mass is 9.47. The van der Waals surface area contributed by atoms with Gasteiger partial charge < -0.3 is 5.11 Å². The smallest absolute Gasteiger partial charge is 0.121 e. The normalized spacial score (nSPS) is 54.2. The molecule has 0 radical (unpaired) electrons. The third kappa shape index (κ3) is 1.74. The first-order chi connectivity index (χ1) is 10.4. The van der Waals surface area contributed by atoms with Crippen molar-refractivity contribution in [3.63, 3.8) is 0 Å². The van der Waals surface area contributed by atoms with Gasteiger partial charge in [0.1, 0.15) is 5.72 Å². The molecular formula is C20H33NO. The van der Waals surface area contributed by atoms with Crippen LogP contribution in [0.4, 0.5) is 0 Å². The molecule has 0 aromatic rings. The van der Waals surface area contributed by atoms with Crippen molar-refractivity contribution >= 4 is 0 Å². The molecule has 2 nitrogen and oxygen atoms in total. The second kappa shape index (κ2) is 4.83. The van der Waals surface area contributed by atoms with Crippen LogP contribution in [0.1, 0.15) is 71.6 Å². The Morgan fingerprint density at radius 1 is 1.09 bits per heavy atom. The number of rotatable bonds is 1. The lowest BCUT2D eigenvalue weighted by Crippen LogP contribution is -2.59. The molecule has 6 atom stereocenters. The predicted octanol–water partition coefficient (Wildman–Crippen LogP) is 4.25. The number of fused-ring (bicyclic) bond motifs is 5. The monoisotopic (exact) mass is 303 g/mol. The first-order valence-electron chi connectivity index (χ1n) is 9.55. The van der Waals surface area contributed by atoms with E-state index in [2.05, 4.69) is 25.2 Å². The van der Waals surface area contributed by atoms with Crippen molar-refractivity contribution in [2.24, 2.45) is 28.6 Å². The fourth-order valence-corrected chi connectivity index (χ4v) is 7.12. The molecule has 0 aromatic carbocycles. The summed E-state index contributed by atoms with van der Waals surface area (Å²) < 4.78 is 0. The highest BCUT2D eigenvalue weighted by Crippen LogP contribution is 2.66. The van der Waals surface area contributed by atoms with Gasteiger partial charge in [-0.05, 0) is 81.6 Å². The molecule has 2 N–H and O–H groups in total. The SMILES string of the molecule is CNC1(O)CC[C@H]2[C@@H]3CC=C4CCCC[C@]4(C)[C@@H]3CC[C@@]21C. The van der Waals surface area contributed by atoms with Crippen LogP contribution in [0.3, 0.4) is 0 Å². The van der Waals surface area contributed by atoms with Gasteiger partial charge in [0.25, 0.3) is 0 Å². The summed E-state index contributed by atoms with van der Waals surface area (Å²) in [6, 6.07) is 0. The van der Waals surface area contributed by atoms with Gasteiger partial charge in [-0.15, -0.1) is 0 Å². The molecule has 4 aliphatic carbocycles. The summed E-state index contributed by atoms with van der Waals surface area (Å²) in [6.07, 6.45) is 14.1. The zero-order valence-corrected chi connectivity index (χ0v) is 14.6. The molecule has 1 unspecified atom stereocenters. The molecule has 0 amide bonds. The highest BCUT2D eigenvalue weighted by molar-refractivity contribution is 5.25. The topological polar surface area (TPSA) is 32.3 Å². The summed E-state index contributed by atoms with van der Waals surface area (Å²) in [4.78, 5) is 0. The van der Waals surface area contributed by atoms with Gasteiger partial charge in [0.05, 0.1) is 0 Å². The van der Waals surface area contributed by atoms with E-state index in [1.807, 2.05) is 7.05 Å². The molecule has 0 spiro atoms. The molecule has 0 aromatic heterocycles. The quantitative estimate of drug-likeness (QED) is 0.561. The Bertz CT molecular complexity index is 500. The molecule has 124 valence electrons. The summed E-state index contributed by atoms with van der Waals surface area (Å²) in [5, 5.41) is 14.4. The molecule has 0 saturated heterocycles. The summed E-state index contributed by atoms with van der Waals surface area (Å²) in [5.74, 6) is 2.36. The molecular weight excluding hydrogens is 270 g/mol. The van der Waals surface area contributed by atoms with Crippen LogP contribution in [-0.2, 0) is 0 Å². The van der Waals surface area contributed by atoms with E-state index in [4.69, 9.17) is 0 Å². The zero-order valence-electron chi connectivity index (χ0n) is 14.6. The minimum Gasteiger partial charge on any atom is -0.375 e. The fourth-order valence-electron chi connectivity index (χ4n) is 7.12. The third-order valence-corrected chi connectivity index (χ3v) is 8.58. The predicted molar refractivity (Wildman–Crippen MR) is 90.3 cm³/mol. The molecule has 0 aliphatic heterocycles. The van der Waals surface area contributed by atoms with Crippen molar-refractivity contribution in [2.75, 3.05) is 7.05 Å². The molecule has 0 heterocycles. The zero-order chi connectivity index (χ0) is 15.6. The maximum atomic E-state index is 11.1. The van der Waals surface area contributed by atoms with Gasteiger partial charge in [-0.1, -0.05) is 31.9 Å². The van der Waals surface area contributed by atoms with Crippen LogP contribution in [-0.4, -0.2) is 17.9 Å². The summed E-state index contributed by atoms with van der Waals surface area (Å²) in [7, 11) is 1.95. The van der Waals surface area contributed by atoms with Crippen molar-refractivity contribution in [1.82, 2.24) is 5.32 Å². The van der Waals surface area contributed by atoms with Crippen LogP contribution in [0.25, 0.3) is 0 Å². The fraction of sp³-hybridized carbons (Fsp3) is 0.900. The van der Waals surface area contributed by atoms with E-state index in [1.165, 1.54) is 51.4 Å². The van der Waals surface area contributed by atoms with Crippen molar-refractivity contribution < 1.29 is 5.11 Å². The molecule has 0 bridgehead atoms. The lowest BCUT2D eigenvalue weighted by molar-refractivity contribution is -0.136. The van der Waals surface area contributed by atoms with E-state index in [9.17, 15) is 5.11 Å². The van der Waals surface area contributed by atoms with Crippen molar-refractivity contribution in [3.8, 4) is 0 Å². The Labute approximate surface area is 135 Å². The maximum Gasteiger partial charge on any atom is 0.121 e. The van der Waals surface area contributed by atoms with Crippen LogP contribution in [0.5, 0.6) is 0 Å². The largest absolute Gasteiger partial charge is 0.375 e. The first kappa shape index (κ1) is 15.2. The molecule has 3 saturated carbocycles. The summed E-state index contributed by atoms with van der Waals surface area (Å²) in [5.41, 5.74) is 1.69. The minimum atomic E-state index is -0.639. The Morgan fingerprint density at radius 2 is 1.86 bits per heavy atom. The van der Waals surface area contributed by atoms with Crippen LogP contribution >= 0.6 is 0 Å². The van der Waals surface area contributed by atoms with Crippen LogP contribution < -0.4 is 5.32 Å². The van der Waals surface area contributed by atoms with Gasteiger partial charge in [0, 0.05) is 5.41 Å². The highest BCUT2D eigenvalue weighted by Gasteiger charge is 2.63. The average molecular weight is 303 g/mol. The lowest BCUT2D eigenvalue weighted by Gasteiger charge is -2.58. The Balaban J connectivity index is 1.69. The van der Waals surface area contributed by atoms with E-state index in [0.717, 1.165) is 18.3 Å². The standard InChI is InChI=1S/C20H33NO/c1-18-11-5-4-6-14(18)7-8-15-16(18)9-12-19(2)17(15)10-13-20(19,22)21-3/h7,15-17,21-22H,4-6,8-13H2,1-3H3/t15-,16-,17+,18+,19+,20?/m1/s1. The van der Waals surface area contributed by atoms with Gasteiger partial charge in [-0.25, -0.2) is 0 Å². The maximum absolute atomic E-state index is 11.1. The minimum absolute atomic E-state index is 0.0687. The number of aliphatic hydroxyl groups is 1. The summed E-state index contributed by atoms with van der Waals surface area (Å²) >= 11 is 0. The Morgan fingerprint density at radius 3 is 2.64 bits per heavy atom. The van der Waals surface area contributed by atoms with Gasteiger partial charge in [-0.2, -0.15) is 0 Å². The first-order valence-corrected chi connectivity index (χ1v) is 9.55. The van der Waals surface area contributed by atoms with Gasteiger partial charge in [0.2, 0.25) is 0 Å². The number of nitrogens with one attached hydrogen (secondary N) is 1. The third-order valence-electron chi connectivity index (χ3n) is 8.58. The van der Waals surface area contributed by atoms with E-state index in [1.54, 1.807) is 5.57 Å². The molecule has 3 fully saturated rings. The molecule has 4 aliphatic rings. The van der Waals surface area contributed by atoms with Crippen molar-refractivity contribution in [2.45, 2.75) is 77.4 Å². The van der Waals surface area contributed by atoms with Gasteiger partial charge in [-0.3, -0.25) is 5.32 Å². The van der Waals surface area contributed by atoms with Crippen LogP contribution in [0, 0.1) is 28.6 Å². The average Bonchev–Trinajstić information content (AvgIpc) is 2.79. The van der Waals surface area contributed by atoms with Gasteiger partial charge >= 0.3 is 0 Å². The molecule has 2 heteroatoms. The number of hydrogen-bond donors (Lipinski definition) is 2. The Hall–Kier alpha value is -0.340. The van der Waals surface area contributed by atoms with E-state index in [-0.39, 0.29) is 5.41 Å². The molecule has 4 rings (SSSR count). The van der Waals surface area contributed by atoms with E-state index < -0.39 is 5.72 Å². The van der Waals surface area contributed by atoms with Crippen LogP contribution in [0.2, 0.25) is 0 Å². The van der Waals surface area contributed by atoms with Crippen molar-refractivity contribution in [3.05, 3.63) is 11.6 Å². The van der Waals surface area contributed by atoms with Gasteiger partial charge in [0.15, 0.2) is 0 Å². The van der Waals surface area contributed by atoms with Crippen LogP contribution in [0.15, 0.2) is 11.6 Å². The number of allylic oxidation sites excluding steroid dienone is 2. The second-order valence-corrected chi connectivity index (χ2v) is 9.07. The summed E-state index contributed by atoms with van der Waals surface area (Å²) in [6.45, 7) is 4.93. The van der Waals surface area contributed by atoms with E-state index in [0.29, 0.717) is 11.3 Å². The molecule has 22 heavy (non-hydrogen) atoms. The number of hydrogen-bond acceptors (Lipinski definition) is 2. The Kier molecular flexibility index (Phi) is 3.34. The van der Waals surface area contributed by atoms with Crippen molar-refractivity contribution in [1.29, 1.82) is 0 Å². The van der Waals surface area contributed by atoms with E-state index >= 15 is 0 Å². The second-order valence-electron chi connectivity index (χ2n) is 9.07.